The zero-order valence-corrected chi connectivity index (χ0v) is 12.6. The predicted octanol–water partition coefficient (Wildman–Crippen LogP) is 1.73. The second kappa shape index (κ2) is 4.98. The van der Waals surface area contributed by atoms with E-state index in [9.17, 15) is 9.90 Å². The lowest BCUT2D eigenvalue weighted by Crippen LogP contribution is -2.14. The van der Waals surface area contributed by atoms with Gasteiger partial charge in [-0.15, -0.1) is 0 Å². The summed E-state index contributed by atoms with van der Waals surface area (Å²) in [6.07, 6.45) is 1.11. The minimum atomic E-state index is -2.50. The molecule has 5 N–H and O–H groups in total. The lowest BCUT2D eigenvalue weighted by molar-refractivity contribution is 0.100. The highest BCUT2D eigenvalue weighted by molar-refractivity contribution is 6.09. The minimum absolute atomic E-state index is 0.00534. The van der Waals surface area contributed by atoms with Gasteiger partial charge in [-0.25, -0.2) is 9.97 Å². The molecule has 7 nitrogen and oxygen atoms in total. The summed E-state index contributed by atoms with van der Waals surface area (Å²) in [5, 5.41) is 10.1. The van der Waals surface area contributed by atoms with Gasteiger partial charge in [0.05, 0.1) is 17.6 Å². The Morgan fingerprint density at radius 1 is 1.39 bits per heavy atom. The monoisotopic (exact) mass is 314 g/mol. The molecule has 0 fully saturated rings. The Balaban J connectivity index is 2.48. The topological polar surface area (TPSA) is 120 Å². The van der Waals surface area contributed by atoms with Gasteiger partial charge in [-0.05, 0) is 32.3 Å². The first-order valence-corrected chi connectivity index (χ1v) is 6.80. The zero-order valence-electron chi connectivity index (χ0n) is 15.6. The van der Waals surface area contributed by atoms with Gasteiger partial charge < -0.3 is 16.6 Å². The number of amides is 1. The first-order chi connectivity index (χ1) is 12.0. The molecular weight excluding hydrogens is 294 g/mol. The third-order valence-electron chi connectivity index (χ3n) is 3.77. The van der Waals surface area contributed by atoms with E-state index in [4.69, 9.17) is 15.6 Å². The van der Waals surface area contributed by atoms with E-state index in [-0.39, 0.29) is 34.0 Å². The Morgan fingerprint density at radius 2 is 2.13 bits per heavy atom. The van der Waals surface area contributed by atoms with Crippen LogP contribution in [0.15, 0.2) is 18.3 Å². The van der Waals surface area contributed by atoms with Crippen molar-refractivity contribution >= 4 is 22.9 Å². The van der Waals surface area contributed by atoms with Crippen molar-refractivity contribution < 1.29 is 14.0 Å². The molecule has 0 atom stereocenters. The van der Waals surface area contributed by atoms with Crippen LogP contribution >= 0.6 is 0 Å². The molecule has 1 aromatic carbocycles. The lowest BCUT2D eigenvalue weighted by Gasteiger charge is -2.15. The van der Waals surface area contributed by atoms with Crippen molar-refractivity contribution in [3.63, 3.8) is 0 Å². The van der Waals surface area contributed by atoms with E-state index >= 15 is 0 Å². The highest BCUT2D eigenvalue weighted by Crippen LogP contribution is 2.34. The number of primary amides is 1. The van der Waals surface area contributed by atoms with Crippen LogP contribution in [0.5, 0.6) is 5.75 Å². The van der Waals surface area contributed by atoms with Crippen LogP contribution in [-0.2, 0) is 0 Å². The Hall–Kier alpha value is -3.09. The molecule has 3 aromatic rings. The molecule has 2 heterocycles. The summed E-state index contributed by atoms with van der Waals surface area (Å²) in [6.45, 7) is 1.00. The molecule has 0 bridgehead atoms. The SMILES string of the molecule is [2H]C([2H])([2H])c1cnc2c(n1)c(C(N)=O)c(N)n2-c1c(C)ccc(O)c1C. The molecular formula is C16H17N5O2. The molecule has 0 radical (unpaired) electrons. The molecule has 118 valence electrons. The molecule has 3 rings (SSSR count). The van der Waals surface area contributed by atoms with Gasteiger partial charge in [-0.1, -0.05) is 6.07 Å². The van der Waals surface area contributed by atoms with Gasteiger partial charge in [-0.2, -0.15) is 0 Å². The molecule has 0 spiro atoms. The Labute approximate surface area is 136 Å². The van der Waals surface area contributed by atoms with Crippen molar-refractivity contribution in [1.82, 2.24) is 14.5 Å². The van der Waals surface area contributed by atoms with Gasteiger partial charge in [0.15, 0.2) is 5.65 Å². The number of aryl methyl sites for hydroxylation is 2. The van der Waals surface area contributed by atoms with E-state index in [1.807, 2.05) is 0 Å². The average Bonchev–Trinajstić information content (AvgIpc) is 2.82. The van der Waals surface area contributed by atoms with Gasteiger partial charge in [0.1, 0.15) is 22.6 Å². The van der Waals surface area contributed by atoms with Crippen LogP contribution in [0.2, 0.25) is 0 Å². The van der Waals surface area contributed by atoms with Crippen LogP contribution in [0, 0.1) is 20.7 Å². The van der Waals surface area contributed by atoms with Gasteiger partial charge in [0.25, 0.3) is 5.91 Å². The Kier molecular flexibility index (Phi) is 2.48. The number of benzene rings is 1. The van der Waals surface area contributed by atoms with Crippen molar-refractivity contribution in [2.24, 2.45) is 5.73 Å². The summed E-state index contributed by atoms with van der Waals surface area (Å²) in [6, 6.07) is 3.24. The quantitative estimate of drug-likeness (QED) is 0.665. The molecule has 0 unspecified atom stereocenters. The molecule has 0 aliphatic heterocycles. The van der Waals surface area contributed by atoms with Crippen molar-refractivity contribution in [3.05, 3.63) is 40.7 Å². The van der Waals surface area contributed by atoms with Crippen molar-refractivity contribution in [2.75, 3.05) is 5.73 Å². The second-order valence-corrected chi connectivity index (χ2v) is 5.26. The van der Waals surface area contributed by atoms with Gasteiger partial charge in [0.2, 0.25) is 0 Å². The fourth-order valence-electron chi connectivity index (χ4n) is 2.70. The number of nitrogen functional groups attached to an aromatic ring is 1. The van der Waals surface area contributed by atoms with Gasteiger partial charge in [-0.3, -0.25) is 9.36 Å². The maximum atomic E-state index is 11.9. The van der Waals surface area contributed by atoms with Crippen LogP contribution in [-0.4, -0.2) is 25.5 Å². The lowest BCUT2D eigenvalue weighted by atomic mass is 10.1. The average molecular weight is 314 g/mol. The molecule has 0 aliphatic carbocycles. The maximum absolute atomic E-state index is 11.9. The molecule has 0 saturated heterocycles. The van der Waals surface area contributed by atoms with Crippen LogP contribution in [0.1, 0.15) is 31.3 Å². The summed E-state index contributed by atoms with van der Waals surface area (Å²) in [4.78, 5) is 20.2. The number of aromatic nitrogens is 3. The third-order valence-corrected chi connectivity index (χ3v) is 3.77. The van der Waals surface area contributed by atoms with Gasteiger partial charge in [0, 0.05) is 9.68 Å². The third kappa shape index (κ3) is 2.09. The van der Waals surface area contributed by atoms with E-state index in [1.165, 1.54) is 4.57 Å². The Bertz CT molecular complexity index is 1060. The van der Waals surface area contributed by atoms with Crippen LogP contribution in [0.4, 0.5) is 5.82 Å². The smallest absolute Gasteiger partial charge is 0.254 e. The number of aromatic hydroxyl groups is 1. The summed E-state index contributed by atoms with van der Waals surface area (Å²) >= 11 is 0. The van der Waals surface area contributed by atoms with E-state index in [2.05, 4.69) is 9.97 Å². The highest BCUT2D eigenvalue weighted by Gasteiger charge is 2.24. The van der Waals surface area contributed by atoms with Crippen molar-refractivity contribution in [2.45, 2.75) is 20.7 Å². The standard InChI is InChI=1S/C16H17N5O2/c1-7-4-5-10(22)9(3)13(7)21-14(17)11(15(18)23)12-16(21)19-6-8(2)20-12/h4-6,22H,17H2,1-3H3,(H2,18,23)/i2D3. The number of hydrogen-bond acceptors (Lipinski definition) is 5. The van der Waals surface area contributed by atoms with Crippen LogP contribution in [0.25, 0.3) is 16.9 Å². The normalized spacial score (nSPS) is 13.6. The number of nitrogens with zero attached hydrogens (tertiary/aromatic N) is 3. The molecule has 0 aliphatic rings. The first-order valence-electron chi connectivity index (χ1n) is 8.30. The zero-order chi connectivity index (χ0) is 19.4. The summed E-state index contributed by atoms with van der Waals surface area (Å²) in [5.41, 5.74) is 13.2. The maximum Gasteiger partial charge on any atom is 0.254 e. The van der Waals surface area contributed by atoms with Crippen LogP contribution in [0.3, 0.4) is 0 Å². The van der Waals surface area contributed by atoms with Crippen LogP contribution < -0.4 is 11.5 Å². The number of carbonyl (C=O) groups excluding carboxylic acids is 1. The van der Waals surface area contributed by atoms with E-state index in [1.54, 1.807) is 26.0 Å². The Morgan fingerprint density at radius 3 is 2.78 bits per heavy atom. The molecule has 23 heavy (non-hydrogen) atoms. The number of rotatable bonds is 2. The fraction of sp³-hybridized carbons (Fsp3) is 0.188. The summed E-state index contributed by atoms with van der Waals surface area (Å²) in [5.74, 6) is -0.828. The molecule has 2 aromatic heterocycles. The molecule has 7 heteroatoms. The number of fused-ring (bicyclic) bond motifs is 1. The summed E-state index contributed by atoms with van der Waals surface area (Å²) in [7, 11) is 0. The number of phenols is 1. The highest BCUT2D eigenvalue weighted by atomic mass is 16.3. The van der Waals surface area contributed by atoms with Gasteiger partial charge >= 0.3 is 0 Å². The number of carbonyl (C=O) groups is 1. The largest absolute Gasteiger partial charge is 0.508 e. The van der Waals surface area contributed by atoms with Crippen molar-refractivity contribution in [1.29, 1.82) is 0 Å². The van der Waals surface area contributed by atoms with E-state index in [0.29, 0.717) is 11.3 Å². The van der Waals surface area contributed by atoms with E-state index < -0.39 is 12.8 Å². The number of nitrogens with two attached hydrogens (primary N) is 2. The first kappa shape index (κ1) is 11.5. The van der Waals surface area contributed by atoms with E-state index in [0.717, 1.165) is 11.8 Å². The molecule has 1 amide bonds. The summed E-state index contributed by atoms with van der Waals surface area (Å²) < 4.78 is 23.9. The minimum Gasteiger partial charge on any atom is -0.508 e. The fourth-order valence-corrected chi connectivity index (χ4v) is 2.70. The number of phenolic OH excluding ortho intramolecular Hbond substituents is 1. The second-order valence-electron chi connectivity index (χ2n) is 5.26. The number of anilines is 1. The number of hydrogen-bond donors (Lipinski definition) is 3. The predicted molar refractivity (Wildman–Crippen MR) is 87.7 cm³/mol. The molecule has 0 saturated carbocycles. The van der Waals surface area contributed by atoms with Crippen molar-refractivity contribution in [3.8, 4) is 11.4 Å².